The van der Waals surface area contributed by atoms with Crippen molar-refractivity contribution in [3.05, 3.63) is 23.9 Å². The number of aromatic nitrogens is 1. The van der Waals surface area contributed by atoms with Crippen LogP contribution in [-0.2, 0) is 10.8 Å². The molecule has 1 amide bonds. The first-order valence-electron chi connectivity index (χ1n) is 5.53. The molecule has 2 rings (SSSR count). The van der Waals surface area contributed by atoms with Gasteiger partial charge in [0.25, 0.3) is 5.91 Å². The molecule has 1 saturated heterocycles. The van der Waals surface area contributed by atoms with Crippen LogP contribution < -0.4 is 11.1 Å². The lowest BCUT2D eigenvalue weighted by Crippen LogP contribution is -2.39. The molecule has 3 N–H and O–H groups in total. The number of carbonyl (C=O) groups is 1. The maximum absolute atomic E-state index is 11.8. The lowest BCUT2D eigenvalue weighted by atomic mass is 10.1. The average Bonchev–Trinajstić information content (AvgIpc) is 2.32. The Bertz CT molecular complexity index is 440. The van der Waals surface area contributed by atoms with Gasteiger partial charge >= 0.3 is 0 Å². The first-order chi connectivity index (χ1) is 8.15. The molecular formula is C11H15N3O2S. The number of hydrogen-bond donors (Lipinski definition) is 2. The first-order valence-corrected chi connectivity index (χ1v) is 7.02. The molecule has 0 aromatic carbocycles. The molecule has 6 heteroatoms. The molecule has 2 heterocycles. The predicted octanol–water partition coefficient (Wildman–Crippen LogP) is 0.305. The van der Waals surface area contributed by atoms with E-state index in [4.69, 9.17) is 5.73 Å². The Morgan fingerprint density at radius 2 is 2.12 bits per heavy atom. The highest BCUT2D eigenvalue weighted by Gasteiger charge is 2.20. The number of pyridine rings is 1. The fraction of sp³-hybridized carbons (Fsp3) is 0.455. The zero-order valence-electron chi connectivity index (χ0n) is 9.39. The van der Waals surface area contributed by atoms with Gasteiger partial charge in [-0.25, -0.2) is 4.98 Å². The summed E-state index contributed by atoms with van der Waals surface area (Å²) >= 11 is 0. The van der Waals surface area contributed by atoms with Crippen molar-refractivity contribution in [1.82, 2.24) is 10.3 Å². The Kier molecular flexibility index (Phi) is 3.73. The zero-order chi connectivity index (χ0) is 12.3. The van der Waals surface area contributed by atoms with Crippen LogP contribution in [0.3, 0.4) is 0 Å². The Morgan fingerprint density at radius 3 is 2.76 bits per heavy atom. The predicted molar refractivity (Wildman–Crippen MR) is 67.0 cm³/mol. The number of nitrogen functional groups attached to an aromatic ring is 1. The average molecular weight is 253 g/mol. The van der Waals surface area contributed by atoms with Crippen molar-refractivity contribution in [3.63, 3.8) is 0 Å². The number of nitrogens with one attached hydrogen (secondary N) is 1. The number of amides is 1. The van der Waals surface area contributed by atoms with Gasteiger partial charge in [-0.15, -0.1) is 0 Å². The van der Waals surface area contributed by atoms with E-state index in [9.17, 15) is 9.00 Å². The summed E-state index contributed by atoms with van der Waals surface area (Å²) in [6.07, 6.45) is 1.53. The monoisotopic (exact) mass is 253 g/mol. The summed E-state index contributed by atoms with van der Waals surface area (Å²) in [6, 6.07) is 5.07. The Balaban J connectivity index is 1.95. The van der Waals surface area contributed by atoms with Gasteiger partial charge in [-0.05, 0) is 25.0 Å². The van der Waals surface area contributed by atoms with E-state index < -0.39 is 10.8 Å². The largest absolute Gasteiger partial charge is 0.384 e. The molecule has 0 atom stereocenters. The molecule has 0 radical (unpaired) electrons. The number of nitrogens with two attached hydrogens (primary N) is 1. The van der Waals surface area contributed by atoms with Crippen molar-refractivity contribution in [1.29, 1.82) is 0 Å². The van der Waals surface area contributed by atoms with Crippen LogP contribution in [0.1, 0.15) is 23.3 Å². The van der Waals surface area contributed by atoms with Gasteiger partial charge in [-0.3, -0.25) is 9.00 Å². The molecular weight excluding hydrogens is 238 g/mol. The highest BCUT2D eigenvalue weighted by Crippen LogP contribution is 2.10. The minimum atomic E-state index is -0.711. The fourth-order valence-corrected chi connectivity index (χ4v) is 3.07. The SMILES string of the molecule is Nc1cccc(C(=O)NC2CCS(=O)CC2)n1. The minimum Gasteiger partial charge on any atom is -0.384 e. The molecule has 1 aliphatic heterocycles. The Hall–Kier alpha value is -1.43. The van der Waals surface area contributed by atoms with Crippen LogP contribution in [0.2, 0.25) is 0 Å². The maximum atomic E-state index is 11.8. The second-order valence-corrected chi connectivity index (χ2v) is 5.74. The van der Waals surface area contributed by atoms with Crippen LogP contribution >= 0.6 is 0 Å². The van der Waals surface area contributed by atoms with Gasteiger partial charge in [0.15, 0.2) is 0 Å². The van der Waals surface area contributed by atoms with E-state index in [0.29, 0.717) is 23.0 Å². The molecule has 1 aromatic rings. The van der Waals surface area contributed by atoms with Crippen molar-refractivity contribution in [2.75, 3.05) is 17.2 Å². The highest BCUT2D eigenvalue weighted by molar-refractivity contribution is 7.85. The molecule has 0 unspecified atom stereocenters. The third kappa shape index (κ3) is 3.26. The maximum Gasteiger partial charge on any atom is 0.270 e. The van der Waals surface area contributed by atoms with Crippen LogP contribution in [0.4, 0.5) is 5.82 Å². The van der Waals surface area contributed by atoms with Crippen molar-refractivity contribution in [2.45, 2.75) is 18.9 Å². The van der Waals surface area contributed by atoms with Crippen LogP contribution in [0.5, 0.6) is 0 Å². The number of nitrogens with zero attached hydrogens (tertiary/aromatic N) is 1. The molecule has 1 fully saturated rings. The fourth-order valence-electron chi connectivity index (χ4n) is 1.78. The van der Waals surface area contributed by atoms with E-state index in [-0.39, 0.29) is 11.9 Å². The summed E-state index contributed by atoms with van der Waals surface area (Å²) in [5.41, 5.74) is 5.85. The van der Waals surface area contributed by atoms with Crippen molar-refractivity contribution in [2.24, 2.45) is 0 Å². The number of anilines is 1. The molecule has 0 spiro atoms. The number of hydrogen-bond acceptors (Lipinski definition) is 4. The van der Waals surface area contributed by atoms with Crippen LogP contribution in [-0.4, -0.2) is 32.6 Å². The highest BCUT2D eigenvalue weighted by atomic mass is 32.2. The summed E-state index contributed by atoms with van der Waals surface area (Å²) in [6.45, 7) is 0. The molecule has 92 valence electrons. The van der Waals surface area contributed by atoms with E-state index in [2.05, 4.69) is 10.3 Å². The van der Waals surface area contributed by atoms with E-state index >= 15 is 0 Å². The quantitative estimate of drug-likeness (QED) is 0.794. The number of carbonyl (C=O) groups excluding carboxylic acids is 1. The molecule has 0 saturated carbocycles. The lowest BCUT2D eigenvalue weighted by molar-refractivity contribution is 0.0929. The van der Waals surface area contributed by atoms with Crippen LogP contribution in [0.25, 0.3) is 0 Å². The van der Waals surface area contributed by atoms with Gasteiger partial charge in [0.05, 0.1) is 0 Å². The zero-order valence-corrected chi connectivity index (χ0v) is 10.2. The summed E-state index contributed by atoms with van der Waals surface area (Å²) in [4.78, 5) is 15.8. The van der Waals surface area contributed by atoms with E-state index in [1.807, 2.05) is 0 Å². The van der Waals surface area contributed by atoms with Gasteiger partial charge in [0.1, 0.15) is 11.5 Å². The molecule has 17 heavy (non-hydrogen) atoms. The van der Waals surface area contributed by atoms with Crippen LogP contribution in [0, 0.1) is 0 Å². The van der Waals surface area contributed by atoms with Gasteiger partial charge < -0.3 is 11.1 Å². The second kappa shape index (κ2) is 5.27. The van der Waals surface area contributed by atoms with Gasteiger partial charge in [-0.2, -0.15) is 0 Å². The van der Waals surface area contributed by atoms with Crippen molar-refractivity contribution < 1.29 is 9.00 Å². The summed E-state index contributed by atoms with van der Waals surface area (Å²) in [5.74, 6) is 1.45. The Morgan fingerprint density at radius 1 is 1.41 bits per heavy atom. The third-order valence-electron chi connectivity index (χ3n) is 2.73. The molecule has 0 aliphatic carbocycles. The van der Waals surface area contributed by atoms with Crippen molar-refractivity contribution in [3.8, 4) is 0 Å². The summed E-state index contributed by atoms with van der Waals surface area (Å²) < 4.78 is 11.2. The van der Waals surface area contributed by atoms with E-state index in [1.54, 1.807) is 18.2 Å². The van der Waals surface area contributed by atoms with Crippen molar-refractivity contribution >= 4 is 22.5 Å². The lowest BCUT2D eigenvalue weighted by Gasteiger charge is -2.22. The summed E-state index contributed by atoms with van der Waals surface area (Å²) in [5, 5.41) is 2.89. The molecule has 5 nitrogen and oxygen atoms in total. The third-order valence-corrected chi connectivity index (χ3v) is 4.11. The topological polar surface area (TPSA) is 85.1 Å². The van der Waals surface area contributed by atoms with Gasteiger partial charge in [-0.1, -0.05) is 6.07 Å². The molecule has 1 aliphatic rings. The van der Waals surface area contributed by atoms with Gasteiger partial charge in [0.2, 0.25) is 0 Å². The Labute approximate surface area is 102 Å². The smallest absolute Gasteiger partial charge is 0.270 e. The van der Waals surface area contributed by atoms with E-state index in [0.717, 1.165) is 12.8 Å². The standard InChI is InChI=1S/C11H15N3O2S/c12-10-3-1-2-9(14-10)11(15)13-8-4-6-17(16)7-5-8/h1-3,8H,4-7H2,(H2,12,14)(H,13,15). The second-order valence-electron chi connectivity index (χ2n) is 4.04. The minimum absolute atomic E-state index is 0.100. The summed E-state index contributed by atoms with van der Waals surface area (Å²) in [7, 11) is -0.711. The molecule has 1 aromatic heterocycles. The molecule has 0 bridgehead atoms. The normalized spacial score (nSPS) is 24.2. The first kappa shape index (κ1) is 12.0. The number of rotatable bonds is 2. The van der Waals surface area contributed by atoms with Crippen LogP contribution in [0.15, 0.2) is 18.2 Å². The van der Waals surface area contributed by atoms with E-state index in [1.165, 1.54) is 0 Å². The van der Waals surface area contributed by atoms with Gasteiger partial charge in [0, 0.05) is 28.3 Å².